The monoisotopic (exact) mass is 567 g/mol. The molecule has 28 heavy (non-hydrogen) atoms. The predicted molar refractivity (Wildman–Crippen MR) is 101 cm³/mol. The average molecular weight is 567 g/mol. The Kier molecular flexibility index (Phi) is 18.9. The van der Waals surface area contributed by atoms with Gasteiger partial charge in [-0.25, -0.2) is 0 Å². The molecule has 6 nitrogen and oxygen atoms in total. The molecule has 6 radical (unpaired) electrons. The summed E-state index contributed by atoms with van der Waals surface area (Å²) in [6.07, 6.45) is 11.8. The van der Waals surface area contributed by atoms with Gasteiger partial charge in [0, 0.05) is 61.4 Å². The van der Waals surface area contributed by atoms with Crippen molar-refractivity contribution in [2.45, 2.75) is 0 Å². The van der Waals surface area contributed by atoms with Crippen LogP contribution in [0.3, 0.4) is 0 Å². The molecule has 0 atom stereocenters. The minimum Gasteiger partial charge on any atom is 0 e. The maximum Gasteiger partial charge on any atom is 0 e. The molecule has 0 saturated heterocycles. The minimum atomic E-state index is 0. The van der Waals surface area contributed by atoms with Crippen LogP contribution in [0, 0.1) is 51.6 Å². The Labute approximate surface area is 184 Å². The van der Waals surface area contributed by atoms with Crippen LogP contribution < -0.4 is 5.32 Å². The van der Waals surface area contributed by atoms with Crippen molar-refractivity contribution in [1.82, 2.24) is 4.98 Å². The zero-order chi connectivity index (χ0) is 20.5. The van der Waals surface area contributed by atoms with E-state index in [0.29, 0.717) is 5.02 Å². The number of rotatable bonds is 5. The van der Waals surface area contributed by atoms with Crippen LogP contribution in [-0.4, -0.2) is 24.3 Å². The van der Waals surface area contributed by atoms with Crippen LogP contribution in [0.4, 0.5) is 5.69 Å². The summed E-state index contributed by atoms with van der Waals surface area (Å²) in [7, 11) is 0. The summed E-state index contributed by atoms with van der Waals surface area (Å²) in [4.78, 5) is 8.73. The van der Waals surface area contributed by atoms with Gasteiger partial charge in [-0.2, -0.15) is 0 Å². The maximum atomic E-state index is 7.50. The summed E-state index contributed by atoms with van der Waals surface area (Å²) in [6, 6.07) is 7.71. The van der Waals surface area contributed by atoms with E-state index in [-0.39, 0.29) is 20.4 Å². The Hall–Kier alpha value is -1.73. The molecule has 1 aliphatic rings. The predicted octanol–water partition coefficient (Wildman–Crippen LogP) is 3.66. The molecule has 0 aliphatic heterocycles. The van der Waals surface area contributed by atoms with Crippen LogP contribution in [0.2, 0.25) is 5.02 Å². The topological polar surface area (TPSA) is 97.0 Å². The SMILES string of the molecule is Clc1ccc2c(NCCN=C[C]3[CH][CH][CH][CH]3)ccnc2c1.[C-]#[O+].[C-]#[O+].[C-]#[O+].[Re]. The molecular formula is C20H15ClN3O3Re. The van der Waals surface area contributed by atoms with Gasteiger partial charge in [0.1, 0.15) is 0 Å². The van der Waals surface area contributed by atoms with Crippen molar-refractivity contribution in [2.24, 2.45) is 4.99 Å². The minimum absolute atomic E-state index is 0. The van der Waals surface area contributed by atoms with Gasteiger partial charge in [0.2, 0.25) is 0 Å². The number of pyridine rings is 1. The van der Waals surface area contributed by atoms with Crippen LogP contribution in [0.5, 0.6) is 0 Å². The first-order chi connectivity index (χ1) is 13.3. The first-order valence-electron chi connectivity index (χ1n) is 7.44. The largest absolute Gasteiger partial charge is 0 e. The summed E-state index contributed by atoms with van der Waals surface area (Å²) in [6.45, 7) is 15.0. The summed E-state index contributed by atoms with van der Waals surface area (Å²) in [5.74, 6) is 1.14. The molecule has 1 aliphatic carbocycles. The van der Waals surface area contributed by atoms with Crippen LogP contribution in [-0.2, 0) is 34.4 Å². The Morgan fingerprint density at radius 1 is 1.04 bits per heavy atom. The fourth-order valence-electron chi connectivity index (χ4n) is 2.18. The second-order valence-electron chi connectivity index (χ2n) is 4.70. The van der Waals surface area contributed by atoms with Crippen LogP contribution >= 0.6 is 11.6 Å². The number of nitrogens with zero attached hydrogens (tertiary/aromatic N) is 2. The van der Waals surface area contributed by atoms with Gasteiger partial charge >= 0.3 is 33.9 Å². The third-order valence-corrected chi connectivity index (χ3v) is 3.43. The van der Waals surface area contributed by atoms with Gasteiger partial charge < -0.3 is 5.32 Å². The van der Waals surface area contributed by atoms with Gasteiger partial charge in [-0.15, -0.1) is 0 Å². The zero-order valence-corrected chi connectivity index (χ0v) is 18.0. The molecule has 0 bridgehead atoms. The van der Waals surface area contributed by atoms with Crippen molar-refractivity contribution < 1.29 is 34.4 Å². The summed E-state index contributed by atoms with van der Waals surface area (Å²) in [5.41, 5.74) is 1.95. The smallest absolute Gasteiger partial charge is 0 e. The fourth-order valence-corrected chi connectivity index (χ4v) is 2.34. The Morgan fingerprint density at radius 2 is 1.68 bits per heavy atom. The standard InChI is InChI=1S/C17H15ClN3.3CO.Re/c18-14-5-6-15-16(7-8-20-17(15)11-14)21-10-9-19-12-13-3-1-2-4-13;3*1-2;/h1-8,11-12H,9-10H2,(H,20,21);;;;. The van der Waals surface area contributed by atoms with E-state index in [1.807, 2.05) is 56.2 Å². The van der Waals surface area contributed by atoms with Gasteiger partial charge in [0.15, 0.2) is 0 Å². The van der Waals surface area contributed by atoms with Crippen molar-refractivity contribution in [3.05, 3.63) is 87.0 Å². The molecule has 2 aromatic rings. The number of halogens is 1. The van der Waals surface area contributed by atoms with E-state index < -0.39 is 0 Å². The molecule has 1 aromatic carbocycles. The number of hydrogen-bond acceptors (Lipinski definition) is 3. The summed E-state index contributed by atoms with van der Waals surface area (Å²) >= 11 is 5.99. The number of nitrogens with one attached hydrogen (secondary N) is 1. The third-order valence-electron chi connectivity index (χ3n) is 3.19. The summed E-state index contributed by atoms with van der Waals surface area (Å²) < 4.78 is 22.5. The van der Waals surface area contributed by atoms with Gasteiger partial charge in [-0.3, -0.25) is 9.98 Å². The van der Waals surface area contributed by atoms with Crippen molar-refractivity contribution in [2.75, 3.05) is 18.4 Å². The molecule has 0 unspecified atom stereocenters. The molecule has 0 amide bonds. The second kappa shape index (κ2) is 18.6. The van der Waals surface area contributed by atoms with Crippen molar-refractivity contribution >= 4 is 34.4 Å². The van der Waals surface area contributed by atoms with E-state index in [1.54, 1.807) is 6.20 Å². The number of aliphatic imine (C=N–C) groups is 1. The normalized spacial score (nSPS) is 12.2. The molecular weight excluding hydrogens is 552 g/mol. The van der Waals surface area contributed by atoms with Crippen molar-refractivity contribution in [3.8, 4) is 0 Å². The maximum absolute atomic E-state index is 7.50. The first kappa shape index (κ1) is 28.5. The first-order valence-corrected chi connectivity index (χ1v) is 7.82. The van der Waals surface area contributed by atoms with E-state index in [0.717, 1.165) is 35.6 Å². The van der Waals surface area contributed by atoms with Crippen LogP contribution in [0.25, 0.3) is 10.9 Å². The number of benzene rings is 1. The van der Waals surface area contributed by atoms with Gasteiger partial charge in [0.25, 0.3) is 0 Å². The number of aromatic nitrogens is 1. The van der Waals surface area contributed by atoms with E-state index in [1.165, 1.54) is 0 Å². The zero-order valence-electron chi connectivity index (χ0n) is 14.6. The quantitative estimate of drug-likeness (QED) is 0.259. The number of anilines is 1. The fraction of sp³-hybridized carbons (Fsp3) is 0.100. The molecule has 0 spiro atoms. The molecule has 1 aromatic heterocycles. The molecule has 1 heterocycles. The van der Waals surface area contributed by atoms with Crippen molar-refractivity contribution in [1.29, 1.82) is 0 Å². The van der Waals surface area contributed by atoms with Gasteiger partial charge in [-0.05, 0) is 49.9 Å². The molecule has 142 valence electrons. The molecule has 1 fully saturated rings. The van der Waals surface area contributed by atoms with E-state index in [2.05, 4.69) is 35.2 Å². The molecule has 1 N–H and O–H groups in total. The molecule has 3 rings (SSSR count). The van der Waals surface area contributed by atoms with Gasteiger partial charge in [-0.1, -0.05) is 11.6 Å². The Bertz CT molecular complexity index is 758. The Morgan fingerprint density at radius 3 is 2.32 bits per heavy atom. The molecule has 1 saturated carbocycles. The van der Waals surface area contributed by atoms with Crippen molar-refractivity contribution in [3.63, 3.8) is 0 Å². The number of hydrogen-bond donors (Lipinski definition) is 1. The second-order valence-corrected chi connectivity index (χ2v) is 5.14. The van der Waals surface area contributed by atoms with Crippen LogP contribution in [0.15, 0.2) is 35.5 Å². The summed E-state index contributed by atoms with van der Waals surface area (Å²) in [5, 5.41) is 5.16. The average Bonchev–Trinajstić information content (AvgIpc) is 3.25. The van der Waals surface area contributed by atoms with E-state index >= 15 is 0 Å². The van der Waals surface area contributed by atoms with E-state index in [9.17, 15) is 0 Å². The van der Waals surface area contributed by atoms with Crippen LogP contribution in [0.1, 0.15) is 0 Å². The third kappa shape index (κ3) is 9.99. The molecule has 8 heteroatoms. The van der Waals surface area contributed by atoms with E-state index in [4.69, 9.17) is 25.6 Å². The number of fused-ring (bicyclic) bond motifs is 1. The Balaban J connectivity index is 0. The van der Waals surface area contributed by atoms with Gasteiger partial charge in [0.05, 0.1) is 12.1 Å².